The van der Waals surface area contributed by atoms with Gasteiger partial charge in [-0.1, -0.05) is 149 Å². The van der Waals surface area contributed by atoms with Gasteiger partial charge >= 0.3 is 11.9 Å². The molecular formula is C51H42Br2F2O6S2. The van der Waals surface area contributed by atoms with Gasteiger partial charge in [0.25, 0.3) is 0 Å². The fourth-order valence-corrected chi connectivity index (χ4v) is 9.80. The molecule has 63 heavy (non-hydrogen) atoms. The van der Waals surface area contributed by atoms with Crippen molar-refractivity contribution < 1.29 is 55.8 Å². The summed E-state index contributed by atoms with van der Waals surface area (Å²) < 4.78 is 25.1. The van der Waals surface area contributed by atoms with E-state index in [2.05, 4.69) is 198 Å². The highest BCUT2D eigenvalue weighted by molar-refractivity contribution is 9.08. The van der Waals surface area contributed by atoms with Crippen LogP contribution in [0.1, 0.15) is 20.7 Å². The predicted molar refractivity (Wildman–Crippen MR) is 246 cm³/mol. The first kappa shape index (κ1) is 51.2. The fraction of sp³-hybridized carbons (Fsp3) is 0.0196. The summed E-state index contributed by atoms with van der Waals surface area (Å²) in [5.74, 6) is -4.49. The highest BCUT2D eigenvalue weighted by Crippen LogP contribution is 2.32. The molecule has 0 aliphatic rings. The molecule has 0 aliphatic heterocycles. The van der Waals surface area contributed by atoms with Gasteiger partial charge in [-0.2, -0.15) is 0 Å². The molecule has 8 rings (SSSR count). The molecular weight excluding hydrogens is 970 g/mol. The third kappa shape index (κ3) is 15.6. The van der Waals surface area contributed by atoms with Gasteiger partial charge in [0.05, 0.1) is 27.4 Å². The van der Waals surface area contributed by atoms with Crippen LogP contribution in [-0.2, 0) is 21.8 Å². The molecule has 0 aliphatic carbocycles. The van der Waals surface area contributed by atoms with E-state index in [0.717, 1.165) is 24.3 Å². The maximum Gasteiger partial charge on any atom is 0.342 e. The smallest absolute Gasteiger partial charge is 0.342 e. The number of aromatic hydroxyl groups is 1. The van der Waals surface area contributed by atoms with Crippen molar-refractivity contribution in [2.75, 3.05) is 5.83 Å². The van der Waals surface area contributed by atoms with Crippen LogP contribution in [0.2, 0.25) is 0 Å². The van der Waals surface area contributed by atoms with E-state index in [1.54, 1.807) is 0 Å². The van der Waals surface area contributed by atoms with E-state index in [-0.39, 0.29) is 38.8 Å². The Hall–Kier alpha value is -6.18. The average molecular weight is 1010 g/mol. The van der Waals surface area contributed by atoms with Crippen LogP contribution < -0.4 is 22.1 Å². The summed E-state index contributed by atoms with van der Waals surface area (Å²) >= 11 is 2.94. The van der Waals surface area contributed by atoms with Gasteiger partial charge in [0.15, 0.2) is 29.4 Å². The Kier molecular flexibility index (Phi) is 22.5. The SMILES string of the molecule is CBr.O=C(O)c1c(O)cccc1F.O=C(O)c1c([O-])cccc1F.[Br-].c1ccc([S+](c2ccccc2)c2ccccc2)cc1.c1ccc([S+](c2ccccc2)c2ccccc2)cc1. The van der Waals surface area contributed by atoms with Crippen molar-refractivity contribution in [3.05, 3.63) is 241 Å². The summed E-state index contributed by atoms with van der Waals surface area (Å²) in [6.45, 7) is 0. The van der Waals surface area contributed by atoms with Crippen LogP contribution in [-0.4, -0.2) is 33.1 Å². The lowest BCUT2D eigenvalue weighted by Crippen LogP contribution is -3.00. The summed E-state index contributed by atoms with van der Waals surface area (Å²) in [6, 6.07) is 70.7. The van der Waals surface area contributed by atoms with Crippen molar-refractivity contribution in [1.82, 2.24) is 0 Å². The van der Waals surface area contributed by atoms with Crippen molar-refractivity contribution in [1.29, 1.82) is 0 Å². The predicted octanol–water partition coefficient (Wildman–Crippen LogP) is 9.41. The lowest BCUT2D eigenvalue weighted by molar-refractivity contribution is -0.269. The number of phenols is 1. The van der Waals surface area contributed by atoms with Crippen molar-refractivity contribution in [2.45, 2.75) is 29.4 Å². The summed E-state index contributed by atoms with van der Waals surface area (Å²) in [4.78, 5) is 28.6. The standard InChI is InChI=1S/2C18H15S.2C7H5FO3.CH3Br.BrH/c2*1-4-10-16(11-5-1)19(17-12-6-2-7-13-17)18-14-8-3-9-15-18;2*8-4-2-1-3-5(9)6(4)7(10)11;1-2;/h2*1-15H;2*1-3,9H,(H,10,11);1H3;1H/q2*+1;;;;/p-2. The summed E-state index contributed by atoms with van der Waals surface area (Å²) in [6.07, 6.45) is 0. The van der Waals surface area contributed by atoms with Gasteiger partial charge in [0.1, 0.15) is 22.9 Å². The molecule has 12 heteroatoms. The zero-order valence-electron chi connectivity index (χ0n) is 33.7. The number of hydrogen-bond donors (Lipinski definition) is 3. The first-order valence-electron chi connectivity index (χ1n) is 18.7. The lowest BCUT2D eigenvalue weighted by atomic mass is 10.2. The van der Waals surface area contributed by atoms with Crippen LogP contribution in [0.15, 0.2) is 248 Å². The van der Waals surface area contributed by atoms with Crippen molar-refractivity contribution >= 4 is 49.7 Å². The van der Waals surface area contributed by atoms with Gasteiger partial charge in [-0.05, 0) is 96.8 Å². The first-order chi connectivity index (χ1) is 30.2. The zero-order chi connectivity index (χ0) is 44.7. The largest absolute Gasteiger partial charge is 1.00 e. The monoisotopic (exact) mass is 1010 g/mol. The van der Waals surface area contributed by atoms with Gasteiger partial charge in [-0.25, -0.2) is 18.4 Å². The van der Waals surface area contributed by atoms with Gasteiger partial charge in [0, 0.05) is 0 Å². The van der Waals surface area contributed by atoms with Gasteiger partial charge in [-0.15, -0.1) is 0 Å². The van der Waals surface area contributed by atoms with E-state index in [9.17, 15) is 23.5 Å². The van der Waals surface area contributed by atoms with E-state index in [1.807, 2.05) is 5.83 Å². The zero-order valence-corrected chi connectivity index (χ0v) is 38.5. The molecule has 3 N–H and O–H groups in total. The van der Waals surface area contributed by atoms with Crippen LogP contribution in [0, 0.1) is 11.6 Å². The van der Waals surface area contributed by atoms with E-state index in [4.69, 9.17) is 15.3 Å². The molecule has 0 spiro atoms. The van der Waals surface area contributed by atoms with Crippen LogP contribution in [0.5, 0.6) is 11.5 Å². The molecule has 0 saturated carbocycles. The minimum atomic E-state index is -1.53. The van der Waals surface area contributed by atoms with Crippen molar-refractivity contribution in [2.24, 2.45) is 0 Å². The number of carboxylic acid groups (broad SMARTS) is 2. The Bertz CT molecular complexity index is 2140. The summed E-state index contributed by atoms with van der Waals surface area (Å²) in [5.41, 5.74) is -1.49. The molecule has 0 atom stereocenters. The summed E-state index contributed by atoms with van der Waals surface area (Å²) in [7, 11) is -0.0293. The van der Waals surface area contributed by atoms with Gasteiger partial charge < -0.3 is 37.4 Å². The third-order valence-electron chi connectivity index (χ3n) is 8.27. The number of carboxylic acids is 2. The van der Waals surface area contributed by atoms with Gasteiger partial charge in [0.2, 0.25) is 0 Å². The first-order valence-corrected chi connectivity index (χ1v) is 22.8. The van der Waals surface area contributed by atoms with E-state index < -0.39 is 46.2 Å². The Morgan fingerprint density at radius 2 is 0.651 bits per heavy atom. The number of alkyl halides is 1. The molecule has 0 bridgehead atoms. The molecule has 0 heterocycles. The Labute approximate surface area is 390 Å². The second-order valence-electron chi connectivity index (χ2n) is 12.3. The number of carbonyl (C=O) groups is 2. The normalized spacial score (nSPS) is 9.81. The number of benzene rings is 8. The highest BCUT2D eigenvalue weighted by atomic mass is 79.9. The number of halogens is 4. The topological polar surface area (TPSA) is 118 Å². The molecule has 0 aromatic heterocycles. The Morgan fingerprint density at radius 3 is 0.841 bits per heavy atom. The van der Waals surface area contributed by atoms with Crippen LogP contribution in [0.3, 0.4) is 0 Å². The molecule has 0 radical (unpaired) electrons. The Balaban J connectivity index is 0.000000227. The quantitative estimate of drug-likeness (QED) is 0.103. The fourth-order valence-electron chi connectivity index (χ4n) is 5.59. The molecule has 0 amide bonds. The minimum absolute atomic E-state index is 0. The highest BCUT2D eigenvalue weighted by Gasteiger charge is 2.28. The van der Waals surface area contributed by atoms with E-state index >= 15 is 0 Å². The van der Waals surface area contributed by atoms with Crippen molar-refractivity contribution in [3.8, 4) is 11.5 Å². The maximum absolute atomic E-state index is 12.6. The van der Waals surface area contributed by atoms with E-state index in [0.29, 0.717) is 0 Å². The van der Waals surface area contributed by atoms with Crippen molar-refractivity contribution in [3.63, 3.8) is 0 Å². The second-order valence-corrected chi connectivity index (χ2v) is 16.4. The van der Waals surface area contributed by atoms with Gasteiger partial charge in [-0.3, -0.25) is 0 Å². The molecule has 6 nitrogen and oxygen atoms in total. The molecule has 0 fully saturated rings. The lowest BCUT2D eigenvalue weighted by Gasteiger charge is -2.08. The summed E-state index contributed by atoms with van der Waals surface area (Å²) in [5, 5.41) is 36.2. The van der Waals surface area contributed by atoms with Crippen LogP contribution in [0.25, 0.3) is 0 Å². The Morgan fingerprint density at radius 1 is 0.413 bits per heavy atom. The van der Waals surface area contributed by atoms with Crippen LogP contribution in [0.4, 0.5) is 8.78 Å². The molecule has 0 saturated heterocycles. The maximum atomic E-state index is 12.6. The minimum Gasteiger partial charge on any atom is -1.00 e. The second kappa shape index (κ2) is 27.7. The molecule has 8 aromatic carbocycles. The van der Waals surface area contributed by atoms with E-state index in [1.165, 1.54) is 41.5 Å². The molecule has 0 unspecified atom stereocenters. The third-order valence-corrected chi connectivity index (χ3v) is 12.7. The number of hydrogen-bond acceptors (Lipinski definition) is 4. The molecule has 8 aromatic rings. The molecule has 322 valence electrons. The van der Waals surface area contributed by atoms with Crippen LogP contribution >= 0.6 is 15.9 Å². The number of aromatic carboxylic acids is 2. The number of rotatable bonds is 8. The average Bonchev–Trinajstić information content (AvgIpc) is 3.30.